The normalized spacial score (nSPS) is 15.4. The first-order valence-electron chi connectivity index (χ1n) is 8.68. The molecule has 1 aliphatic rings. The molecule has 0 heterocycles. The van der Waals surface area contributed by atoms with Crippen LogP contribution < -0.4 is 4.74 Å². The summed E-state index contributed by atoms with van der Waals surface area (Å²) in [6, 6.07) is 7.36. The van der Waals surface area contributed by atoms with Crippen LogP contribution in [0.5, 0.6) is 11.5 Å². The Kier molecular flexibility index (Phi) is 6.88. The molecular formula is C19H18I2O6S. The highest BCUT2D eigenvalue weighted by atomic mass is 127. The second-order valence-electron chi connectivity index (χ2n) is 6.68. The van der Waals surface area contributed by atoms with E-state index < -0.39 is 16.1 Å². The molecule has 0 atom stereocenters. The Hall–Kier alpha value is -0.920. The van der Waals surface area contributed by atoms with Crippen LogP contribution in [0.3, 0.4) is 0 Å². The SMILES string of the molecule is O=C(Oc1ccc(S(=O)(=O)O)c(C2CCCCC2)c1)c1cc(I)cc(I)c1O. The largest absolute Gasteiger partial charge is 0.506 e. The van der Waals surface area contributed by atoms with Gasteiger partial charge in [0.25, 0.3) is 10.1 Å². The van der Waals surface area contributed by atoms with Gasteiger partial charge in [0, 0.05) is 3.57 Å². The Morgan fingerprint density at radius 3 is 2.39 bits per heavy atom. The molecule has 0 aliphatic heterocycles. The van der Waals surface area contributed by atoms with Gasteiger partial charge in [-0.1, -0.05) is 19.3 Å². The molecule has 6 nitrogen and oxygen atoms in total. The summed E-state index contributed by atoms with van der Waals surface area (Å²) < 4.78 is 39.9. The number of benzene rings is 2. The number of carbonyl (C=O) groups is 1. The quantitative estimate of drug-likeness (QED) is 0.211. The van der Waals surface area contributed by atoms with Gasteiger partial charge in [-0.05, 0) is 99.8 Å². The minimum absolute atomic E-state index is 0.0173. The lowest BCUT2D eigenvalue weighted by molar-refractivity contribution is 0.0731. The fourth-order valence-electron chi connectivity index (χ4n) is 3.44. The van der Waals surface area contributed by atoms with Gasteiger partial charge in [0.2, 0.25) is 0 Å². The van der Waals surface area contributed by atoms with Gasteiger partial charge in [-0.3, -0.25) is 4.55 Å². The van der Waals surface area contributed by atoms with Crippen LogP contribution in [0.15, 0.2) is 35.2 Å². The predicted octanol–water partition coefficient (Wildman–Crippen LogP) is 5.12. The lowest BCUT2D eigenvalue weighted by Crippen LogP contribution is -2.13. The number of ether oxygens (including phenoxy) is 1. The van der Waals surface area contributed by atoms with Crippen molar-refractivity contribution in [1.29, 1.82) is 0 Å². The lowest BCUT2D eigenvalue weighted by Gasteiger charge is -2.24. The van der Waals surface area contributed by atoms with Gasteiger partial charge in [-0.15, -0.1) is 0 Å². The van der Waals surface area contributed by atoms with Gasteiger partial charge in [0.15, 0.2) is 0 Å². The van der Waals surface area contributed by atoms with Crippen molar-refractivity contribution >= 4 is 61.3 Å². The van der Waals surface area contributed by atoms with Gasteiger partial charge in [0.1, 0.15) is 17.1 Å². The molecule has 0 radical (unpaired) electrons. The summed E-state index contributed by atoms with van der Waals surface area (Å²) in [7, 11) is -4.38. The number of rotatable bonds is 4. The second kappa shape index (κ2) is 8.84. The standard InChI is InChI=1S/C19H18I2O6S/c20-12-8-15(18(22)16(21)9-12)19(23)27-13-6-7-17(28(24,25)26)14(10-13)11-4-2-1-3-5-11/h6-11,22H,1-5H2,(H,24,25,26). The Bertz CT molecular complexity index is 1010. The van der Waals surface area contributed by atoms with Gasteiger partial charge in [0.05, 0.1) is 8.47 Å². The summed E-state index contributed by atoms with van der Waals surface area (Å²) in [6.07, 6.45) is 4.69. The minimum Gasteiger partial charge on any atom is -0.506 e. The summed E-state index contributed by atoms with van der Waals surface area (Å²) in [5.74, 6) is -0.737. The highest BCUT2D eigenvalue weighted by Crippen LogP contribution is 2.38. The zero-order valence-electron chi connectivity index (χ0n) is 14.7. The summed E-state index contributed by atoms with van der Waals surface area (Å²) in [6.45, 7) is 0. The molecule has 28 heavy (non-hydrogen) atoms. The number of hydrogen-bond donors (Lipinski definition) is 2. The second-order valence-corrected chi connectivity index (χ2v) is 10.5. The topological polar surface area (TPSA) is 101 Å². The van der Waals surface area contributed by atoms with Gasteiger partial charge >= 0.3 is 5.97 Å². The number of phenolic OH excluding ortho intramolecular Hbond substituents is 1. The molecule has 0 amide bonds. The van der Waals surface area contributed by atoms with E-state index in [1.165, 1.54) is 24.3 Å². The summed E-state index contributed by atoms with van der Waals surface area (Å²) in [5.41, 5.74) is 0.503. The highest BCUT2D eigenvalue weighted by molar-refractivity contribution is 14.1. The fourth-order valence-corrected chi connectivity index (χ4v) is 6.05. The first kappa shape index (κ1) is 21.8. The molecule has 2 aromatic rings. The van der Waals surface area contributed by atoms with Crippen molar-refractivity contribution in [3.63, 3.8) is 0 Å². The predicted molar refractivity (Wildman–Crippen MR) is 121 cm³/mol. The third-order valence-electron chi connectivity index (χ3n) is 4.76. The Morgan fingerprint density at radius 1 is 1.07 bits per heavy atom. The number of halogens is 2. The number of carbonyl (C=O) groups excluding carboxylic acids is 1. The third-order valence-corrected chi connectivity index (χ3v) is 7.14. The van der Waals surface area contributed by atoms with Crippen molar-refractivity contribution in [3.05, 3.63) is 48.6 Å². The zero-order chi connectivity index (χ0) is 20.5. The van der Waals surface area contributed by atoms with Crippen LogP contribution in [0.4, 0.5) is 0 Å². The van der Waals surface area contributed by atoms with Crippen LogP contribution in [0.25, 0.3) is 0 Å². The van der Waals surface area contributed by atoms with E-state index in [2.05, 4.69) is 0 Å². The van der Waals surface area contributed by atoms with E-state index in [4.69, 9.17) is 4.74 Å². The molecule has 2 aromatic carbocycles. The van der Waals surface area contributed by atoms with E-state index in [-0.39, 0.29) is 27.9 Å². The van der Waals surface area contributed by atoms with E-state index >= 15 is 0 Å². The summed E-state index contributed by atoms with van der Waals surface area (Å²) in [5, 5.41) is 10.2. The summed E-state index contributed by atoms with van der Waals surface area (Å²) >= 11 is 3.97. The maximum Gasteiger partial charge on any atom is 0.347 e. The average molecular weight is 628 g/mol. The lowest BCUT2D eigenvalue weighted by atomic mass is 9.84. The van der Waals surface area contributed by atoms with Gasteiger partial charge in [-0.2, -0.15) is 8.42 Å². The van der Waals surface area contributed by atoms with Crippen LogP contribution in [-0.4, -0.2) is 24.0 Å². The van der Waals surface area contributed by atoms with Crippen molar-refractivity contribution in [2.75, 3.05) is 0 Å². The molecule has 9 heteroatoms. The monoisotopic (exact) mass is 628 g/mol. The molecule has 0 saturated heterocycles. The van der Waals surface area contributed by atoms with Crippen LogP contribution in [-0.2, 0) is 10.1 Å². The molecular weight excluding hydrogens is 610 g/mol. The van der Waals surface area contributed by atoms with Crippen molar-refractivity contribution in [2.24, 2.45) is 0 Å². The Morgan fingerprint density at radius 2 is 1.75 bits per heavy atom. The zero-order valence-corrected chi connectivity index (χ0v) is 19.8. The van der Waals surface area contributed by atoms with Crippen LogP contribution in [0.2, 0.25) is 0 Å². The first-order chi connectivity index (χ1) is 13.2. The molecule has 0 bridgehead atoms. The van der Waals surface area contributed by atoms with E-state index in [0.717, 1.165) is 35.7 Å². The minimum atomic E-state index is -4.38. The fraction of sp³-hybridized carbons (Fsp3) is 0.316. The molecule has 1 fully saturated rings. The molecule has 150 valence electrons. The maximum atomic E-state index is 12.6. The van der Waals surface area contributed by atoms with E-state index in [1.807, 2.05) is 45.2 Å². The Balaban J connectivity index is 1.96. The van der Waals surface area contributed by atoms with Crippen LogP contribution >= 0.6 is 45.2 Å². The van der Waals surface area contributed by atoms with Crippen molar-refractivity contribution < 1.29 is 27.6 Å². The van der Waals surface area contributed by atoms with Gasteiger partial charge < -0.3 is 9.84 Å². The maximum absolute atomic E-state index is 12.6. The molecule has 0 aromatic heterocycles. The molecule has 2 N–H and O–H groups in total. The van der Waals surface area contributed by atoms with E-state index in [1.54, 1.807) is 6.07 Å². The smallest absolute Gasteiger partial charge is 0.347 e. The highest BCUT2D eigenvalue weighted by Gasteiger charge is 2.25. The van der Waals surface area contributed by atoms with E-state index in [0.29, 0.717) is 9.13 Å². The number of esters is 1. The molecule has 1 aliphatic carbocycles. The average Bonchev–Trinajstić information content (AvgIpc) is 2.64. The molecule has 0 spiro atoms. The van der Waals surface area contributed by atoms with Crippen molar-refractivity contribution in [3.8, 4) is 11.5 Å². The number of hydrogen-bond acceptors (Lipinski definition) is 5. The van der Waals surface area contributed by atoms with Crippen molar-refractivity contribution in [2.45, 2.75) is 42.9 Å². The number of phenols is 1. The molecule has 1 saturated carbocycles. The van der Waals surface area contributed by atoms with Crippen LogP contribution in [0.1, 0.15) is 53.9 Å². The van der Waals surface area contributed by atoms with Gasteiger partial charge in [-0.25, -0.2) is 4.79 Å². The first-order valence-corrected chi connectivity index (χ1v) is 12.3. The van der Waals surface area contributed by atoms with Crippen molar-refractivity contribution in [1.82, 2.24) is 0 Å². The summed E-state index contributed by atoms with van der Waals surface area (Å²) in [4.78, 5) is 12.4. The third kappa shape index (κ3) is 4.97. The Labute approximate surface area is 190 Å². The number of aromatic hydroxyl groups is 1. The molecule has 0 unspecified atom stereocenters. The molecule has 3 rings (SSSR count). The van der Waals surface area contributed by atoms with Crippen LogP contribution in [0, 0.1) is 7.14 Å². The van der Waals surface area contributed by atoms with E-state index in [9.17, 15) is 22.9 Å².